The molecule has 0 atom stereocenters. The lowest BCUT2D eigenvalue weighted by atomic mass is 9.98. The maximum atomic E-state index is 5.44. The van der Waals surface area contributed by atoms with Crippen LogP contribution in [0.1, 0.15) is 37.8 Å². The number of anilines is 1. The first kappa shape index (κ1) is 12.9. The number of ether oxygens (including phenoxy) is 1. The van der Waals surface area contributed by atoms with Crippen LogP contribution in [0.2, 0.25) is 0 Å². The van der Waals surface area contributed by atoms with Crippen LogP contribution in [0.25, 0.3) is 0 Å². The zero-order valence-electron chi connectivity index (χ0n) is 11.3. The molecular weight excluding hydrogens is 198 g/mol. The SMILES string of the molecule is CCN(C)c1cc(C(C)C)c(OC)cc1C. The van der Waals surface area contributed by atoms with Crippen LogP contribution in [0.5, 0.6) is 5.75 Å². The van der Waals surface area contributed by atoms with Gasteiger partial charge in [-0.05, 0) is 43.0 Å². The van der Waals surface area contributed by atoms with Crippen LogP contribution in [-0.4, -0.2) is 20.7 Å². The van der Waals surface area contributed by atoms with Gasteiger partial charge in [-0.15, -0.1) is 0 Å². The summed E-state index contributed by atoms with van der Waals surface area (Å²) >= 11 is 0. The zero-order valence-corrected chi connectivity index (χ0v) is 11.3. The number of rotatable bonds is 4. The molecular formula is C14H23NO. The summed E-state index contributed by atoms with van der Waals surface area (Å²) in [6.45, 7) is 9.71. The number of hydrogen-bond donors (Lipinski definition) is 0. The molecule has 2 heteroatoms. The van der Waals surface area contributed by atoms with E-state index in [0.29, 0.717) is 5.92 Å². The number of benzene rings is 1. The first-order chi connectivity index (χ1) is 7.51. The van der Waals surface area contributed by atoms with Gasteiger partial charge in [0, 0.05) is 19.3 Å². The Morgan fingerprint density at radius 3 is 2.38 bits per heavy atom. The van der Waals surface area contributed by atoms with Crippen molar-refractivity contribution < 1.29 is 4.74 Å². The lowest BCUT2D eigenvalue weighted by Gasteiger charge is -2.23. The van der Waals surface area contributed by atoms with Crippen LogP contribution in [0, 0.1) is 6.92 Å². The zero-order chi connectivity index (χ0) is 12.3. The molecule has 0 unspecified atom stereocenters. The molecule has 0 saturated heterocycles. The van der Waals surface area contributed by atoms with Gasteiger partial charge in [0.2, 0.25) is 0 Å². The molecule has 0 aromatic heterocycles. The average molecular weight is 221 g/mol. The molecule has 1 aromatic rings. The van der Waals surface area contributed by atoms with Crippen LogP contribution >= 0.6 is 0 Å². The first-order valence-corrected chi connectivity index (χ1v) is 5.90. The van der Waals surface area contributed by atoms with E-state index in [2.05, 4.69) is 51.8 Å². The Balaban J connectivity index is 3.27. The minimum Gasteiger partial charge on any atom is -0.496 e. The van der Waals surface area contributed by atoms with Gasteiger partial charge in [-0.25, -0.2) is 0 Å². The quantitative estimate of drug-likeness (QED) is 0.770. The summed E-state index contributed by atoms with van der Waals surface area (Å²) in [4.78, 5) is 2.26. The van der Waals surface area contributed by atoms with Crippen molar-refractivity contribution in [3.05, 3.63) is 23.3 Å². The maximum Gasteiger partial charge on any atom is 0.122 e. The molecule has 90 valence electrons. The molecule has 0 bridgehead atoms. The molecule has 2 nitrogen and oxygen atoms in total. The van der Waals surface area contributed by atoms with Gasteiger partial charge in [0.05, 0.1) is 7.11 Å². The van der Waals surface area contributed by atoms with Gasteiger partial charge >= 0.3 is 0 Å². The smallest absolute Gasteiger partial charge is 0.122 e. The molecule has 0 amide bonds. The highest BCUT2D eigenvalue weighted by atomic mass is 16.5. The van der Waals surface area contributed by atoms with Crippen LogP contribution in [0.15, 0.2) is 12.1 Å². The molecule has 0 N–H and O–H groups in total. The first-order valence-electron chi connectivity index (χ1n) is 5.90. The van der Waals surface area contributed by atoms with Crippen molar-refractivity contribution >= 4 is 5.69 Å². The standard InChI is InChI=1S/C14H23NO/c1-7-15(5)13-9-12(10(2)3)14(16-6)8-11(13)4/h8-10H,7H2,1-6H3. The molecule has 16 heavy (non-hydrogen) atoms. The summed E-state index contributed by atoms with van der Waals surface area (Å²) in [5.74, 6) is 1.49. The molecule has 0 spiro atoms. The van der Waals surface area contributed by atoms with E-state index in [4.69, 9.17) is 4.74 Å². The fourth-order valence-corrected chi connectivity index (χ4v) is 1.90. The number of methoxy groups -OCH3 is 1. The number of nitrogens with zero attached hydrogens (tertiary/aromatic N) is 1. The lowest BCUT2D eigenvalue weighted by molar-refractivity contribution is 0.407. The van der Waals surface area contributed by atoms with Gasteiger partial charge in [-0.1, -0.05) is 13.8 Å². The Hall–Kier alpha value is -1.18. The summed E-state index contributed by atoms with van der Waals surface area (Å²) in [6, 6.07) is 4.39. The van der Waals surface area contributed by atoms with Crippen molar-refractivity contribution in [2.75, 3.05) is 25.6 Å². The van der Waals surface area contributed by atoms with E-state index in [1.54, 1.807) is 7.11 Å². The highest BCUT2D eigenvalue weighted by Crippen LogP contribution is 2.33. The predicted molar refractivity (Wildman–Crippen MR) is 70.8 cm³/mol. The summed E-state index contributed by atoms with van der Waals surface area (Å²) in [5.41, 5.74) is 3.85. The Morgan fingerprint density at radius 2 is 1.94 bits per heavy atom. The number of hydrogen-bond acceptors (Lipinski definition) is 2. The van der Waals surface area contributed by atoms with Crippen molar-refractivity contribution in [3.8, 4) is 5.75 Å². The van der Waals surface area contributed by atoms with Crippen LogP contribution in [-0.2, 0) is 0 Å². The van der Waals surface area contributed by atoms with Crippen molar-refractivity contribution in [1.29, 1.82) is 0 Å². The van der Waals surface area contributed by atoms with E-state index in [0.717, 1.165) is 12.3 Å². The second-order valence-electron chi connectivity index (χ2n) is 4.55. The normalized spacial score (nSPS) is 10.7. The van der Waals surface area contributed by atoms with E-state index < -0.39 is 0 Å². The van der Waals surface area contributed by atoms with Gasteiger partial charge in [0.25, 0.3) is 0 Å². The third-order valence-electron chi connectivity index (χ3n) is 3.06. The molecule has 0 aliphatic rings. The predicted octanol–water partition coefficient (Wildman–Crippen LogP) is 3.58. The van der Waals surface area contributed by atoms with Crippen molar-refractivity contribution in [2.45, 2.75) is 33.6 Å². The van der Waals surface area contributed by atoms with E-state index in [9.17, 15) is 0 Å². The second-order valence-corrected chi connectivity index (χ2v) is 4.55. The molecule has 0 aliphatic heterocycles. The van der Waals surface area contributed by atoms with Crippen molar-refractivity contribution in [3.63, 3.8) is 0 Å². The Labute approximate surface area is 99.2 Å². The Morgan fingerprint density at radius 1 is 1.31 bits per heavy atom. The van der Waals surface area contributed by atoms with Crippen LogP contribution < -0.4 is 9.64 Å². The third-order valence-corrected chi connectivity index (χ3v) is 3.06. The van der Waals surface area contributed by atoms with E-state index in [1.807, 2.05) is 0 Å². The average Bonchev–Trinajstić information content (AvgIpc) is 2.27. The highest BCUT2D eigenvalue weighted by molar-refractivity contribution is 5.59. The van der Waals surface area contributed by atoms with Crippen LogP contribution in [0.3, 0.4) is 0 Å². The molecule has 0 fully saturated rings. The van der Waals surface area contributed by atoms with Gasteiger partial charge in [-0.3, -0.25) is 0 Å². The van der Waals surface area contributed by atoms with E-state index >= 15 is 0 Å². The maximum absolute atomic E-state index is 5.44. The largest absolute Gasteiger partial charge is 0.496 e. The van der Waals surface area contributed by atoms with Gasteiger partial charge in [0.15, 0.2) is 0 Å². The fraction of sp³-hybridized carbons (Fsp3) is 0.571. The minimum atomic E-state index is 0.486. The fourth-order valence-electron chi connectivity index (χ4n) is 1.90. The molecule has 0 saturated carbocycles. The topological polar surface area (TPSA) is 12.5 Å². The van der Waals surface area contributed by atoms with Crippen LogP contribution in [0.4, 0.5) is 5.69 Å². The van der Waals surface area contributed by atoms with Gasteiger partial charge in [-0.2, -0.15) is 0 Å². The van der Waals surface area contributed by atoms with E-state index in [-0.39, 0.29) is 0 Å². The summed E-state index contributed by atoms with van der Waals surface area (Å²) < 4.78 is 5.44. The van der Waals surface area contributed by atoms with Crippen molar-refractivity contribution in [2.24, 2.45) is 0 Å². The second kappa shape index (κ2) is 5.24. The lowest BCUT2D eigenvalue weighted by Crippen LogP contribution is -2.17. The summed E-state index contributed by atoms with van der Waals surface area (Å²) in [5, 5.41) is 0. The highest BCUT2D eigenvalue weighted by Gasteiger charge is 2.12. The van der Waals surface area contributed by atoms with Gasteiger partial charge in [0.1, 0.15) is 5.75 Å². The molecule has 0 radical (unpaired) electrons. The Kier molecular flexibility index (Phi) is 4.22. The Bertz CT molecular complexity index is 358. The van der Waals surface area contributed by atoms with E-state index in [1.165, 1.54) is 16.8 Å². The number of aryl methyl sites for hydroxylation is 1. The molecule has 1 aromatic carbocycles. The molecule has 1 rings (SSSR count). The third kappa shape index (κ3) is 2.49. The minimum absolute atomic E-state index is 0.486. The molecule has 0 heterocycles. The molecule has 0 aliphatic carbocycles. The van der Waals surface area contributed by atoms with Crippen molar-refractivity contribution in [1.82, 2.24) is 0 Å². The summed E-state index contributed by atoms with van der Waals surface area (Å²) in [6.07, 6.45) is 0. The monoisotopic (exact) mass is 221 g/mol. The summed E-state index contributed by atoms with van der Waals surface area (Å²) in [7, 11) is 3.86. The van der Waals surface area contributed by atoms with Gasteiger partial charge < -0.3 is 9.64 Å².